The molecule has 2 aromatic carbocycles. The van der Waals surface area contributed by atoms with Gasteiger partial charge in [0.25, 0.3) is 11.6 Å². The molecule has 0 saturated carbocycles. The Balaban J connectivity index is 1.57. The van der Waals surface area contributed by atoms with Crippen LogP contribution in [-0.2, 0) is 4.74 Å². The van der Waals surface area contributed by atoms with Crippen molar-refractivity contribution >= 4 is 40.6 Å². The van der Waals surface area contributed by atoms with Crippen molar-refractivity contribution < 1.29 is 14.5 Å². The number of anilines is 1. The van der Waals surface area contributed by atoms with Gasteiger partial charge in [-0.15, -0.1) is 11.8 Å². The van der Waals surface area contributed by atoms with Crippen LogP contribution in [-0.4, -0.2) is 42.9 Å². The summed E-state index contributed by atoms with van der Waals surface area (Å²) in [6.07, 6.45) is 0.775. The Labute approximate surface area is 177 Å². The molecule has 4 rings (SSSR count). The Kier molecular flexibility index (Phi) is 5.94. The van der Waals surface area contributed by atoms with Crippen molar-refractivity contribution in [3.63, 3.8) is 0 Å². The number of morpholine rings is 1. The average Bonchev–Trinajstić information content (AvgIpc) is 2.74. The summed E-state index contributed by atoms with van der Waals surface area (Å²) >= 11 is 7.87. The Morgan fingerprint density at radius 1 is 1.24 bits per heavy atom. The first-order valence-electron chi connectivity index (χ1n) is 9.37. The van der Waals surface area contributed by atoms with Crippen LogP contribution < -0.4 is 10.2 Å². The highest BCUT2D eigenvalue weighted by atomic mass is 35.5. The number of nitrogens with zero attached hydrogens (tertiary/aromatic N) is 2. The van der Waals surface area contributed by atoms with Crippen LogP contribution in [0.4, 0.5) is 11.4 Å². The van der Waals surface area contributed by atoms with E-state index in [2.05, 4.69) is 5.32 Å². The topological polar surface area (TPSA) is 84.7 Å². The van der Waals surface area contributed by atoms with E-state index in [1.165, 1.54) is 6.07 Å². The Hall–Kier alpha value is -2.29. The minimum Gasteiger partial charge on any atom is -0.378 e. The highest BCUT2D eigenvalue weighted by molar-refractivity contribution is 7.99. The summed E-state index contributed by atoms with van der Waals surface area (Å²) in [5, 5.41) is 15.3. The van der Waals surface area contributed by atoms with Crippen LogP contribution in [0.3, 0.4) is 0 Å². The molecule has 1 fully saturated rings. The minimum atomic E-state index is -0.437. The molecule has 2 heterocycles. The van der Waals surface area contributed by atoms with Crippen molar-refractivity contribution in [1.29, 1.82) is 0 Å². The van der Waals surface area contributed by atoms with Gasteiger partial charge in [0.1, 0.15) is 5.69 Å². The maximum atomic E-state index is 12.9. The summed E-state index contributed by atoms with van der Waals surface area (Å²) in [6.45, 7) is 2.23. The maximum Gasteiger partial charge on any atom is 0.293 e. The highest BCUT2D eigenvalue weighted by Crippen LogP contribution is 2.38. The van der Waals surface area contributed by atoms with Gasteiger partial charge in [-0.1, -0.05) is 11.6 Å². The number of nitro groups is 1. The minimum absolute atomic E-state index is 0.0674. The molecule has 0 bridgehead atoms. The number of nitrogens with one attached hydrogen (secondary N) is 1. The molecule has 0 aliphatic carbocycles. The summed E-state index contributed by atoms with van der Waals surface area (Å²) in [5.41, 5.74) is 1.71. The van der Waals surface area contributed by atoms with E-state index in [1.54, 1.807) is 23.9 Å². The number of nitro benzene ring substituents is 1. The van der Waals surface area contributed by atoms with E-state index in [1.807, 2.05) is 23.1 Å². The van der Waals surface area contributed by atoms with Gasteiger partial charge in [0.15, 0.2) is 0 Å². The van der Waals surface area contributed by atoms with Gasteiger partial charge in [0, 0.05) is 40.4 Å². The van der Waals surface area contributed by atoms with Crippen molar-refractivity contribution in [3.8, 4) is 0 Å². The molecule has 2 aliphatic heterocycles. The zero-order chi connectivity index (χ0) is 20.4. The van der Waals surface area contributed by atoms with Gasteiger partial charge in [-0.2, -0.15) is 0 Å². The molecule has 1 saturated heterocycles. The predicted molar refractivity (Wildman–Crippen MR) is 113 cm³/mol. The van der Waals surface area contributed by atoms with Crippen LogP contribution in [0.1, 0.15) is 28.4 Å². The second-order valence-electron chi connectivity index (χ2n) is 6.91. The third-order valence-electron chi connectivity index (χ3n) is 5.10. The Morgan fingerprint density at radius 3 is 2.79 bits per heavy atom. The Bertz CT molecular complexity index is 949. The third-order valence-corrected chi connectivity index (χ3v) is 6.46. The SMILES string of the molecule is O=C(N[C@H]1CCSc2ccc(Cl)cc21)c1ccc(N2CCOCC2)c([N+](=O)[O-])c1. The van der Waals surface area contributed by atoms with Gasteiger partial charge in [-0.3, -0.25) is 14.9 Å². The highest BCUT2D eigenvalue weighted by Gasteiger charge is 2.26. The van der Waals surface area contributed by atoms with Crippen LogP contribution in [0.2, 0.25) is 5.02 Å². The van der Waals surface area contributed by atoms with Crippen molar-refractivity contribution in [1.82, 2.24) is 5.32 Å². The lowest BCUT2D eigenvalue weighted by Gasteiger charge is -2.28. The van der Waals surface area contributed by atoms with E-state index in [9.17, 15) is 14.9 Å². The monoisotopic (exact) mass is 433 g/mol. The van der Waals surface area contributed by atoms with E-state index in [4.69, 9.17) is 16.3 Å². The predicted octanol–water partition coefficient (Wildman–Crippen LogP) is 4.05. The van der Waals surface area contributed by atoms with Crippen molar-refractivity contribution in [3.05, 3.63) is 62.7 Å². The average molecular weight is 434 g/mol. The molecule has 1 N–H and O–H groups in total. The summed E-state index contributed by atoms with van der Waals surface area (Å²) < 4.78 is 5.32. The second-order valence-corrected chi connectivity index (χ2v) is 8.48. The zero-order valence-corrected chi connectivity index (χ0v) is 17.2. The van der Waals surface area contributed by atoms with Gasteiger partial charge in [-0.25, -0.2) is 0 Å². The number of carbonyl (C=O) groups excluding carboxylic acids is 1. The van der Waals surface area contributed by atoms with E-state index < -0.39 is 4.92 Å². The normalized spacial score (nSPS) is 18.8. The van der Waals surface area contributed by atoms with Gasteiger partial charge in [-0.05, 0) is 42.3 Å². The quantitative estimate of drug-likeness (QED) is 0.578. The van der Waals surface area contributed by atoms with Gasteiger partial charge in [0.05, 0.1) is 24.2 Å². The zero-order valence-electron chi connectivity index (χ0n) is 15.6. The van der Waals surface area contributed by atoms with Crippen LogP contribution in [0.5, 0.6) is 0 Å². The number of benzene rings is 2. The number of hydrogen-bond acceptors (Lipinski definition) is 6. The molecule has 2 aliphatic rings. The van der Waals surface area contributed by atoms with Crippen LogP contribution >= 0.6 is 23.4 Å². The smallest absolute Gasteiger partial charge is 0.293 e. The number of thioether (sulfide) groups is 1. The number of fused-ring (bicyclic) bond motifs is 1. The molecule has 0 spiro atoms. The van der Waals surface area contributed by atoms with E-state index in [0.717, 1.165) is 22.6 Å². The molecule has 1 amide bonds. The first-order valence-corrected chi connectivity index (χ1v) is 10.7. The molecular formula is C20H20ClN3O4S. The van der Waals surface area contributed by atoms with Gasteiger partial charge in [0.2, 0.25) is 0 Å². The molecule has 152 valence electrons. The van der Waals surface area contributed by atoms with Crippen LogP contribution in [0.25, 0.3) is 0 Å². The number of hydrogen-bond donors (Lipinski definition) is 1. The number of carbonyl (C=O) groups is 1. The molecule has 9 heteroatoms. The van der Waals surface area contributed by atoms with Crippen LogP contribution in [0.15, 0.2) is 41.3 Å². The second kappa shape index (κ2) is 8.61. The molecular weight excluding hydrogens is 414 g/mol. The molecule has 0 aromatic heterocycles. The van der Waals surface area contributed by atoms with E-state index >= 15 is 0 Å². The number of ether oxygens (including phenoxy) is 1. The summed E-state index contributed by atoms with van der Waals surface area (Å²) in [4.78, 5) is 27.1. The van der Waals surface area contributed by atoms with Gasteiger partial charge >= 0.3 is 0 Å². The molecule has 0 radical (unpaired) electrons. The molecule has 29 heavy (non-hydrogen) atoms. The fourth-order valence-corrected chi connectivity index (χ4v) is 4.93. The summed E-state index contributed by atoms with van der Waals surface area (Å²) in [7, 11) is 0. The Morgan fingerprint density at radius 2 is 2.03 bits per heavy atom. The number of halogens is 1. The number of amides is 1. The lowest BCUT2D eigenvalue weighted by molar-refractivity contribution is -0.384. The summed E-state index contributed by atoms with van der Waals surface area (Å²) in [6, 6.07) is 10.2. The standard InChI is InChI=1S/C20H20ClN3O4S/c21-14-2-4-19-15(12-14)16(5-10-29-19)22-20(25)13-1-3-17(18(11-13)24(26)27)23-6-8-28-9-7-23/h1-4,11-12,16H,5-10H2,(H,22,25)/t16-/m0/s1. The molecule has 1 atom stereocenters. The van der Waals surface area contributed by atoms with Crippen molar-refractivity contribution in [2.75, 3.05) is 37.0 Å². The largest absolute Gasteiger partial charge is 0.378 e. The fourth-order valence-electron chi connectivity index (χ4n) is 3.64. The maximum absolute atomic E-state index is 12.9. The molecule has 7 nitrogen and oxygen atoms in total. The third kappa shape index (κ3) is 4.34. The van der Waals surface area contributed by atoms with Crippen molar-refractivity contribution in [2.45, 2.75) is 17.4 Å². The first-order chi connectivity index (χ1) is 14.0. The fraction of sp³-hybridized carbons (Fsp3) is 0.350. The van der Waals surface area contributed by atoms with E-state index in [0.29, 0.717) is 37.0 Å². The lowest BCUT2D eigenvalue weighted by Crippen LogP contribution is -2.36. The molecule has 0 unspecified atom stereocenters. The lowest BCUT2D eigenvalue weighted by atomic mass is 10.0. The van der Waals surface area contributed by atoms with Crippen molar-refractivity contribution in [2.24, 2.45) is 0 Å². The summed E-state index contributed by atoms with van der Waals surface area (Å²) in [5.74, 6) is 0.555. The van der Waals surface area contributed by atoms with E-state index in [-0.39, 0.29) is 23.2 Å². The van der Waals surface area contributed by atoms with Gasteiger partial charge < -0.3 is 15.0 Å². The molecule has 2 aromatic rings. The van der Waals surface area contributed by atoms with Crippen LogP contribution in [0, 0.1) is 10.1 Å². The number of rotatable bonds is 4. The first kappa shape index (κ1) is 20.0.